The Hall–Kier alpha value is -2.16. The third-order valence-electron chi connectivity index (χ3n) is 4.57. The van der Waals surface area contributed by atoms with Gasteiger partial charge in [0.25, 0.3) is 5.91 Å². The Morgan fingerprint density at radius 3 is 2.79 bits per heavy atom. The summed E-state index contributed by atoms with van der Waals surface area (Å²) in [6.07, 6.45) is 3.84. The summed E-state index contributed by atoms with van der Waals surface area (Å²) in [6.45, 7) is 0.854. The molecule has 0 bridgehead atoms. The first kappa shape index (κ1) is 20.1. The number of benzene rings is 2. The molecule has 1 aliphatic heterocycles. The molecule has 0 saturated carbocycles. The van der Waals surface area contributed by atoms with Crippen molar-refractivity contribution in [3.63, 3.8) is 0 Å². The van der Waals surface area contributed by atoms with Crippen molar-refractivity contribution in [3.05, 3.63) is 69.4 Å². The van der Waals surface area contributed by atoms with Crippen molar-refractivity contribution in [2.24, 2.45) is 0 Å². The minimum atomic E-state index is -0.379. The number of para-hydroxylation sites is 1. The number of aromatic nitrogens is 1. The van der Waals surface area contributed by atoms with Gasteiger partial charge in [-0.15, -0.1) is 0 Å². The second-order valence-corrected chi connectivity index (χ2v) is 9.05. The lowest BCUT2D eigenvalue weighted by molar-refractivity contribution is -0.121. The first-order chi connectivity index (χ1) is 13.9. The fraction of sp³-hybridized carbons (Fsp3) is 0.143. The van der Waals surface area contributed by atoms with Gasteiger partial charge in [-0.2, -0.15) is 0 Å². The zero-order chi connectivity index (χ0) is 20.5. The second-order valence-electron chi connectivity index (χ2n) is 6.46. The van der Waals surface area contributed by atoms with Gasteiger partial charge in [0.2, 0.25) is 0 Å². The van der Waals surface area contributed by atoms with Crippen molar-refractivity contribution in [2.75, 3.05) is 13.7 Å². The largest absolute Gasteiger partial charge is 0.489 e. The highest BCUT2D eigenvalue weighted by Gasteiger charge is 2.29. The molecule has 0 spiro atoms. The Morgan fingerprint density at radius 2 is 2.07 bits per heavy atom. The van der Waals surface area contributed by atoms with Crippen LogP contribution in [0.15, 0.2) is 58.0 Å². The molecule has 1 aliphatic rings. The number of nitrogens with zero attached hydrogens (tertiary/aromatic N) is 2. The van der Waals surface area contributed by atoms with Crippen LogP contribution in [0.2, 0.25) is 0 Å². The van der Waals surface area contributed by atoms with Gasteiger partial charge < -0.3 is 9.30 Å². The third kappa shape index (κ3) is 4.10. The number of ether oxygens (including phenoxy) is 1. The van der Waals surface area contributed by atoms with Gasteiger partial charge >= 0.3 is 0 Å². The highest BCUT2D eigenvalue weighted by Crippen LogP contribution is 2.34. The van der Waals surface area contributed by atoms with Crippen LogP contribution in [0.25, 0.3) is 17.0 Å². The number of hydrogen-bond donors (Lipinski definition) is 0. The van der Waals surface area contributed by atoms with Crippen LogP contribution in [0.1, 0.15) is 5.56 Å². The number of carbonyl (C=O) groups is 1. The van der Waals surface area contributed by atoms with E-state index in [1.54, 1.807) is 25.2 Å². The first-order valence-electron chi connectivity index (χ1n) is 8.81. The van der Waals surface area contributed by atoms with E-state index >= 15 is 0 Å². The van der Waals surface area contributed by atoms with Crippen LogP contribution in [0.4, 0.5) is 4.39 Å². The van der Waals surface area contributed by atoms with Crippen LogP contribution in [0.5, 0.6) is 5.75 Å². The number of carbonyl (C=O) groups excluding carboxylic acids is 1. The molecule has 0 N–H and O–H groups in total. The molecule has 1 aromatic heterocycles. The van der Waals surface area contributed by atoms with Gasteiger partial charge in [-0.1, -0.05) is 52.0 Å². The van der Waals surface area contributed by atoms with Crippen molar-refractivity contribution in [1.82, 2.24) is 9.47 Å². The average molecular weight is 491 g/mol. The third-order valence-corrected chi connectivity index (χ3v) is 6.55. The molecule has 8 heteroatoms. The number of fused-ring (bicyclic) bond motifs is 1. The number of likely N-dealkylation sites (N-methyl/N-ethyl adjacent to an activating group) is 1. The SMILES string of the molecule is CN1C(=O)/C(=C/c2cn(CCOc3ccccc3F)c3ccc(Br)cc23)SC1=S. The van der Waals surface area contributed by atoms with E-state index in [-0.39, 0.29) is 17.5 Å². The summed E-state index contributed by atoms with van der Waals surface area (Å²) >= 11 is 10.0. The van der Waals surface area contributed by atoms with Crippen molar-refractivity contribution in [2.45, 2.75) is 6.54 Å². The summed E-state index contributed by atoms with van der Waals surface area (Å²) in [5.41, 5.74) is 1.92. The Balaban J connectivity index is 1.63. The average Bonchev–Trinajstić information content (AvgIpc) is 3.15. The van der Waals surface area contributed by atoms with Gasteiger partial charge in [0.1, 0.15) is 10.9 Å². The quantitative estimate of drug-likeness (QED) is 0.351. The van der Waals surface area contributed by atoms with E-state index in [9.17, 15) is 9.18 Å². The van der Waals surface area contributed by atoms with E-state index in [0.717, 1.165) is 20.9 Å². The molecule has 0 unspecified atom stereocenters. The Morgan fingerprint density at radius 1 is 1.28 bits per heavy atom. The van der Waals surface area contributed by atoms with Crippen LogP contribution >= 0.6 is 39.9 Å². The smallest absolute Gasteiger partial charge is 0.265 e. The lowest BCUT2D eigenvalue weighted by Gasteiger charge is -2.09. The summed E-state index contributed by atoms with van der Waals surface area (Å²) in [4.78, 5) is 14.4. The minimum absolute atomic E-state index is 0.0983. The standard InChI is InChI=1S/C21H16BrFN2O2S2/c1-24-20(26)19(29-21(24)28)10-13-12-25(17-7-6-14(22)11-15(13)17)8-9-27-18-5-3-2-4-16(18)23/h2-7,10-12H,8-9H2,1H3/b19-10-. The van der Waals surface area contributed by atoms with Gasteiger partial charge in [0, 0.05) is 34.2 Å². The molecule has 3 aromatic rings. The molecule has 148 valence electrons. The molecule has 29 heavy (non-hydrogen) atoms. The molecule has 0 radical (unpaired) electrons. The number of halogens is 2. The molecule has 2 heterocycles. The fourth-order valence-corrected chi connectivity index (χ4v) is 4.63. The maximum Gasteiger partial charge on any atom is 0.265 e. The highest BCUT2D eigenvalue weighted by molar-refractivity contribution is 9.10. The molecule has 0 atom stereocenters. The Bertz CT molecular complexity index is 1160. The number of rotatable bonds is 5. The zero-order valence-corrected chi connectivity index (χ0v) is 18.6. The topological polar surface area (TPSA) is 34.5 Å². The number of amides is 1. The summed E-state index contributed by atoms with van der Waals surface area (Å²) < 4.78 is 22.9. The van der Waals surface area contributed by atoms with Gasteiger partial charge in [0.15, 0.2) is 11.6 Å². The number of thiocarbonyl (C=S) groups is 1. The monoisotopic (exact) mass is 490 g/mol. The predicted octanol–water partition coefficient (Wildman–Crippen LogP) is 5.45. The Kier molecular flexibility index (Phi) is 5.76. The van der Waals surface area contributed by atoms with Crippen molar-refractivity contribution < 1.29 is 13.9 Å². The minimum Gasteiger partial charge on any atom is -0.489 e. The van der Waals surface area contributed by atoms with Crippen molar-refractivity contribution >= 4 is 67.1 Å². The van der Waals surface area contributed by atoms with Crippen LogP contribution in [-0.4, -0.2) is 33.3 Å². The molecule has 2 aromatic carbocycles. The molecule has 1 saturated heterocycles. The molecule has 1 fully saturated rings. The maximum atomic E-state index is 13.8. The number of hydrogen-bond acceptors (Lipinski definition) is 4. The molecule has 4 nitrogen and oxygen atoms in total. The molecular weight excluding hydrogens is 475 g/mol. The van der Waals surface area contributed by atoms with E-state index in [1.165, 1.54) is 22.7 Å². The van der Waals surface area contributed by atoms with Crippen molar-refractivity contribution in [1.29, 1.82) is 0 Å². The summed E-state index contributed by atoms with van der Waals surface area (Å²) in [6, 6.07) is 12.3. The molecular formula is C21H16BrFN2O2S2. The van der Waals surface area contributed by atoms with E-state index in [0.29, 0.717) is 22.4 Å². The summed E-state index contributed by atoms with van der Waals surface area (Å²) in [7, 11) is 1.68. The zero-order valence-electron chi connectivity index (χ0n) is 15.4. The number of thioether (sulfide) groups is 1. The van der Waals surface area contributed by atoms with E-state index in [4.69, 9.17) is 17.0 Å². The van der Waals surface area contributed by atoms with Gasteiger partial charge in [-0.3, -0.25) is 9.69 Å². The molecule has 0 aliphatic carbocycles. The maximum absolute atomic E-state index is 13.8. The first-order valence-corrected chi connectivity index (χ1v) is 10.8. The molecule has 1 amide bonds. The lowest BCUT2D eigenvalue weighted by Crippen LogP contribution is -2.22. The summed E-state index contributed by atoms with van der Waals surface area (Å²) in [5.74, 6) is -0.242. The van der Waals surface area contributed by atoms with Gasteiger partial charge in [-0.25, -0.2) is 4.39 Å². The normalized spacial score (nSPS) is 15.7. The highest BCUT2D eigenvalue weighted by atomic mass is 79.9. The lowest BCUT2D eigenvalue weighted by atomic mass is 10.1. The van der Waals surface area contributed by atoms with Gasteiger partial charge in [0.05, 0.1) is 11.4 Å². The van der Waals surface area contributed by atoms with Crippen LogP contribution < -0.4 is 4.74 Å². The van der Waals surface area contributed by atoms with E-state index in [1.807, 2.05) is 35.0 Å². The second kappa shape index (κ2) is 8.30. The van der Waals surface area contributed by atoms with Crippen molar-refractivity contribution in [3.8, 4) is 5.75 Å². The van der Waals surface area contributed by atoms with Gasteiger partial charge in [-0.05, 0) is 36.4 Å². The van der Waals surface area contributed by atoms with Crippen LogP contribution in [0, 0.1) is 5.82 Å². The predicted molar refractivity (Wildman–Crippen MR) is 122 cm³/mol. The summed E-state index contributed by atoms with van der Waals surface area (Å²) in [5, 5.41) is 1.01. The molecule has 4 rings (SSSR count). The fourth-order valence-electron chi connectivity index (χ4n) is 3.10. The van der Waals surface area contributed by atoms with Crippen LogP contribution in [-0.2, 0) is 11.3 Å². The van der Waals surface area contributed by atoms with E-state index < -0.39 is 0 Å². The van der Waals surface area contributed by atoms with E-state index in [2.05, 4.69) is 15.9 Å². The van der Waals surface area contributed by atoms with Crippen LogP contribution in [0.3, 0.4) is 0 Å². The Labute approximate surface area is 185 Å².